The highest BCUT2D eigenvalue weighted by atomic mass is 79.9. The van der Waals surface area contributed by atoms with Gasteiger partial charge in [0.15, 0.2) is 0 Å². The molecule has 0 aromatic heterocycles. The smallest absolute Gasteiger partial charge is 0.253 e. The molecule has 2 rings (SSSR count). The van der Waals surface area contributed by atoms with E-state index in [2.05, 4.69) is 28.2 Å². The first-order chi connectivity index (χ1) is 8.59. The SMILES string of the molecule is CC(NC(=O)c1cccc(Br)c1Cl)C1CCCC1. The van der Waals surface area contributed by atoms with Crippen molar-refractivity contribution in [3.8, 4) is 0 Å². The summed E-state index contributed by atoms with van der Waals surface area (Å²) in [7, 11) is 0. The molecular formula is C14H17BrClNO. The Hall–Kier alpha value is -0.540. The van der Waals surface area contributed by atoms with E-state index in [0.717, 1.165) is 4.47 Å². The van der Waals surface area contributed by atoms with Gasteiger partial charge >= 0.3 is 0 Å². The van der Waals surface area contributed by atoms with Crippen molar-refractivity contribution in [3.05, 3.63) is 33.3 Å². The number of hydrogen-bond acceptors (Lipinski definition) is 1. The lowest BCUT2D eigenvalue weighted by Gasteiger charge is -2.20. The Morgan fingerprint density at radius 1 is 1.44 bits per heavy atom. The summed E-state index contributed by atoms with van der Waals surface area (Å²) in [5.41, 5.74) is 0.538. The largest absolute Gasteiger partial charge is 0.349 e. The second-order valence-corrected chi connectivity index (χ2v) is 6.14. The van der Waals surface area contributed by atoms with Gasteiger partial charge in [-0.05, 0) is 53.7 Å². The van der Waals surface area contributed by atoms with Crippen LogP contribution in [-0.2, 0) is 0 Å². The molecule has 18 heavy (non-hydrogen) atoms. The van der Waals surface area contributed by atoms with Crippen molar-refractivity contribution in [1.29, 1.82) is 0 Å². The lowest BCUT2D eigenvalue weighted by Crippen LogP contribution is -2.37. The monoisotopic (exact) mass is 329 g/mol. The molecule has 0 radical (unpaired) electrons. The zero-order chi connectivity index (χ0) is 13.1. The van der Waals surface area contributed by atoms with Crippen LogP contribution in [0.25, 0.3) is 0 Å². The summed E-state index contributed by atoms with van der Waals surface area (Å²) in [5.74, 6) is 0.528. The van der Waals surface area contributed by atoms with Crippen molar-refractivity contribution < 1.29 is 4.79 Å². The van der Waals surface area contributed by atoms with Gasteiger partial charge in [-0.15, -0.1) is 0 Å². The van der Waals surface area contributed by atoms with Crippen molar-refractivity contribution in [1.82, 2.24) is 5.32 Å². The minimum absolute atomic E-state index is 0.0827. The van der Waals surface area contributed by atoms with Crippen LogP contribution in [0.15, 0.2) is 22.7 Å². The topological polar surface area (TPSA) is 29.1 Å². The summed E-state index contributed by atoms with van der Waals surface area (Å²) in [4.78, 5) is 12.2. The molecule has 98 valence electrons. The van der Waals surface area contributed by atoms with E-state index >= 15 is 0 Å². The lowest BCUT2D eigenvalue weighted by atomic mass is 9.99. The second-order valence-electron chi connectivity index (χ2n) is 4.91. The molecular weight excluding hydrogens is 314 g/mol. The Morgan fingerprint density at radius 3 is 2.78 bits per heavy atom. The molecule has 1 unspecified atom stereocenters. The molecule has 0 bridgehead atoms. The van der Waals surface area contributed by atoms with Gasteiger partial charge in [-0.2, -0.15) is 0 Å². The second kappa shape index (κ2) is 6.07. The van der Waals surface area contributed by atoms with Crippen LogP contribution in [0.3, 0.4) is 0 Å². The number of carbonyl (C=O) groups is 1. The van der Waals surface area contributed by atoms with E-state index in [4.69, 9.17) is 11.6 Å². The predicted molar refractivity (Wildman–Crippen MR) is 78.0 cm³/mol. The summed E-state index contributed by atoms with van der Waals surface area (Å²) in [6.45, 7) is 2.08. The number of hydrogen-bond donors (Lipinski definition) is 1. The number of nitrogens with one attached hydrogen (secondary N) is 1. The quantitative estimate of drug-likeness (QED) is 0.874. The summed E-state index contributed by atoms with van der Waals surface area (Å²) in [6, 6.07) is 5.63. The molecule has 1 N–H and O–H groups in total. The fraction of sp³-hybridized carbons (Fsp3) is 0.500. The van der Waals surface area contributed by atoms with Crippen LogP contribution in [0.4, 0.5) is 0 Å². The fourth-order valence-corrected chi connectivity index (χ4v) is 3.12. The molecule has 1 saturated carbocycles. The first-order valence-corrected chi connectivity index (χ1v) is 7.51. The molecule has 1 aromatic rings. The molecule has 0 aliphatic heterocycles. The maximum absolute atomic E-state index is 12.2. The Morgan fingerprint density at radius 2 is 2.11 bits per heavy atom. The van der Waals surface area contributed by atoms with Crippen LogP contribution in [0.2, 0.25) is 5.02 Å². The van der Waals surface area contributed by atoms with Gasteiger partial charge in [-0.1, -0.05) is 30.5 Å². The van der Waals surface area contributed by atoms with Crippen molar-refractivity contribution in [3.63, 3.8) is 0 Å². The molecule has 2 nitrogen and oxygen atoms in total. The maximum atomic E-state index is 12.2. The van der Waals surface area contributed by atoms with E-state index in [1.54, 1.807) is 6.07 Å². The minimum atomic E-state index is -0.0827. The predicted octanol–water partition coefficient (Wildman–Crippen LogP) is 4.41. The molecule has 0 spiro atoms. The minimum Gasteiger partial charge on any atom is -0.349 e. The first kappa shape index (κ1) is 13.9. The van der Waals surface area contributed by atoms with Gasteiger partial charge in [-0.25, -0.2) is 0 Å². The zero-order valence-corrected chi connectivity index (χ0v) is 12.7. The van der Waals surface area contributed by atoms with Crippen molar-refractivity contribution in [2.45, 2.75) is 38.6 Å². The summed E-state index contributed by atoms with van der Waals surface area (Å²) >= 11 is 9.46. The third-order valence-electron chi connectivity index (χ3n) is 3.66. The van der Waals surface area contributed by atoms with Crippen molar-refractivity contribution in [2.75, 3.05) is 0 Å². The molecule has 0 heterocycles. The van der Waals surface area contributed by atoms with Gasteiger partial charge < -0.3 is 5.32 Å². The number of halogens is 2. The van der Waals surface area contributed by atoms with Crippen LogP contribution in [0.5, 0.6) is 0 Å². The Kier molecular flexibility index (Phi) is 4.68. The Bertz CT molecular complexity index is 443. The number of carbonyl (C=O) groups excluding carboxylic acids is 1. The van der Waals surface area contributed by atoms with Gasteiger partial charge in [0.2, 0.25) is 0 Å². The van der Waals surface area contributed by atoms with Crippen molar-refractivity contribution >= 4 is 33.4 Å². The highest BCUT2D eigenvalue weighted by molar-refractivity contribution is 9.10. The van der Waals surface area contributed by atoms with Crippen LogP contribution >= 0.6 is 27.5 Å². The number of amides is 1. The van der Waals surface area contributed by atoms with E-state index in [0.29, 0.717) is 16.5 Å². The van der Waals surface area contributed by atoms with E-state index in [9.17, 15) is 4.79 Å². The fourth-order valence-electron chi connectivity index (χ4n) is 2.54. The molecule has 4 heteroatoms. The average Bonchev–Trinajstić information content (AvgIpc) is 2.86. The van der Waals surface area contributed by atoms with Gasteiger partial charge in [0, 0.05) is 10.5 Å². The Labute approximate surface area is 121 Å². The molecule has 1 aliphatic rings. The van der Waals surface area contributed by atoms with Gasteiger partial charge in [0.1, 0.15) is 0 Å². The molecule has 0 saturated heterocycles. The molecule has 1 aromatic carbocycles. The highest BCUT2D eigenvalue weighted by Crippen LogP contribution is 2.29. The summed E-state index contributed by atoms with van der Waals surface area (Å²) in [6.07, 6.45) is 4.99. The summed E-state index contributed by atoms with van der Waals surface area (Å²) in [5, 5.41) is 3.54. The molecule has 1 aliphatic carbocycles. The van der Waals surface area contributed by atoms with E-state index < -0.39 is 0 Å². The third kappa shape index (κ3) is 3.07. The van der Waals surface area contributed by atoms with E-state index in [1.165, 1.54) is 25.7 Å². The number of rotatable bonds is 3. The van der Waals surface area contributed by atoms with Gasteiger partial charge in [0.25, 0.3) is 5.91 Å². The first-order valence-electron chi connectivity index (χ1n) is 6.34. The molecule has 1 atom stereocenters. The normalized spacial score (nSPS) is 17.7. The highest BCUT2D eigenvalue weighted by Gasteiger charge is 2.23. The van der Waals surface area contributed by atoms with E-state index in [-0.39, 0.29) is 11.9 Å². The zero-order valence-electron chi connectivity index (χ0n) is 10.4. The van der Waals surface area contributed by atoms with Gasteiger partial charge in [-0.3, -0.25) is 4.79 Å². The molecule has 1 fully saturated rings. The number of benzene rings is 1. The van der Waals surface area contributed by atoms with Crippen LogP contribution in [0, 0.1) is 5.92 Å². The van der Waals surface area contributed by atoms with Crippen LogP contribution in [0.1, 0.15) is 43.0 Å². The van der Waals surface area contributed by atoms with Crippen LogP contribution in [-0.4, -0.2) is 11.9 Å². The standard InChI is InChI=1S/C14H17BrClNO/c1-9(10-5-2-3-6-10)17-14(18)11-7-4-8-12(15)13(11)16/h4,7-10H,2-3,5-6H2,1H3,(H,17,18). The van der Waals surface area contributed by atoms with E-state index in [1.807, 2.05) is 12.1 Å². The average molecular weight is 331 g/mol. The lowest BCUT2D eigenvalue weighted by molar-refractivity contribution is 0.0927. The van der Waals surface area contributed by atoms with Crippen LogP contribution < -0.4 is 5.32 Å². The third-order valence-corrected chi connectivity index (χ3v) is 4.96. The van der Waals surface area contributed by atoms with Gasteiger partial charge in [0.05, 0.1) is 10.6 Å². The Balaban J connectivity index is 2.05. The summed E-state index contributed by atoms with van der Waals surface area (Å²) < 4.78 is 0.755. The maximum Gasteiger partial charge on any atom is 0.253 e. The molecule has 1 amide bonds. The van der Waals surface area contributed by atoms with Crippen molar-refractivity contribution in [2.24, 2.45) is 5.92 Å².